The minimum absolute atomic E-state index is 0.292. The first kappa shape index (κ1) is 15.7. The number of rotatable bonds is 5. The van der Waals surface area contributed by atoms with Crippen molar-refractivity contribution in [3.63, 3.8) is 0 Å². The smallest absolute Gasteiger partial charge is 0.226 e. The maximum Gasteiger partial charge on any atom is 0.226 e. The molecule has 2 aromatic rings. The minimum Gasteiger partial charge on any atom is -0.439 e. The van der Waals surface area contributed by atoms with Crippen molar-refractivity contribution in [2.45, 2.75) is 37.8 Å². The Hall–Kier alpha value is -2.21. The van der Waals surface area contributed by atoms with Crippen molar-refractivity contribution in [3.8, 4) is 11.6 Å². The van der Waals surface area contributed by atoms with Gasteiger partial charge in [-0.2, -0.15) is 4.98 Å². The molecule has 1 aromatic carbocycles. The molecule has 1 fully saturated rings. The van der Waals surface area contributed by atoms with Gasteiger partial charge in [0.15, 0.2) is 0 Å². The van der Waals surface area contributed by atoms with Crippen molar-refractivity contribution < 1.29 is 13.9 Å². The largest absolute Gasteiger partial charge is 0.439 e. The van der Waals surface area contributed by atoms with Gasteiger partial charge >= 0.3 is 0 Å². The number of nitrogens with zero attached hydrogens (tertiary/aromatic N) is 2. The maximum absolute atomic E-state index is 12.9. The van der Waals surface area contributed by atoms with Gasteiger partial charge in [0.2, 0.25) is 11.8 Å². The standard InChI is InChI=1S/C17H20FN3O2/c1-22-15-4-2-3-13(11-15)20-17-19-10-9-16(21-17)23-14-7-5-12(18)6-8-14/h5-10,13,15H,2-4,11H2,1H3,(H,19,20,21). The molecule has 0 bridgehead atoms. The summed E-state index contributed by atoms with van der Waals surface area (Å²) in [5.74, 6) is 1.19. The summed E-state index contributed by atoms with van der Waals surface area (Å²) < 4.78 is 24.0. The van der Waals surface area contributed by atoms with Crippen LogP contribution in [0.5, 0.6) is 11.6 Å². The van der Waals surface area contributed by atoms with Crippen LogP contribution in [0.2, 0.25) is 0 Å². The second-order valence-corrected chi connectivity index (χ2v) is 5.64. The predicted octanol–water partition coefficient (Wildman–Crippen LogP) is 3.78. The van der Waals surface area contributed by atoms with Crippen LogP contribution in [0.4, 0.5) is 10.3 Å². The number of nitrogens with one attached hydrogen (secondary N) is 1. The Bertz CT molecular complexity index is 636. The molecule has 2 unspecified atom stereocenters. The lowest BCUT2D eigenvalue weighted by Gasteiger charge is -2.28. The SMILES string of the molecule is COC1CCCC(Nc2nccc(Oc3ccc(F)cc3)n2)C1. The van der Waals surface area contributed by atoms with E-state index in [1.807, 2.05) is 0 Å². The van der Waals surface area contributed by atoms with Crippen LogP contribution in [0, 0.1) is 5.82 Å². The summed E-state index contributed by atoms with van der Waals surface area (Å²) in [6, 6.07) is 7.80. The van der Waals surface area contributed by atoms with E-state index in [-0.39, 0.29) is 5.82 Å². The fourth-order valence-electron chi connectivity index (χ4n) is 2.76. The van der Waals surface area contributed by atoms with Gasteiger partial charge in [-0.3, -0.25) is 0 Å². The van der Waals surface area contributed by atoms with Crippen LogP contribution >= 0.6 is 0 Å². The number of methoxy groups -OCH3 is 1. The highest BCUT2D eigenvalue weighted by Gasteiger charge is 2.22. The quantitative estimate of drug-likeness (QED) is 0.909. The van der Waals surface area contributed by atoms with Crippen molar-refractivity contribution in [3.05, 3.63) is 42.3 Å². The predicted molar refractivity (Wildman–Crippen MR) is 85.2 cm³/mol. The van der Waals surface area contributed by atoms with Gasteiger partial charge in [-0.25, -0.2) is 9.37 Å². The van der Waals surface area contributed by atoms with Gasteiger partial charge in [-0.05, 0) is 49.9 Å². The van der Waals surface area contributed by atoms with E-state index in [0.29, 0.717) is 29.7 Å². The molecule has 0 amide bonds. The van der Waals surface area contributed by atoms with Crippen molar-refractivity contribution in [1.82, 2.24) is 9.97 Å². The lowest BCUT2D eigenvalue weighted by molar-refractivity contribution is 0.0668. The van der Waals surface area contributed by atoms with Crippen LogP contribution in [0.1, 0.15) is 25.7 Å². The van der Waals surface area contributed by atoms with E-state index in [1.54, 1.807) is 31.5 Å². The van der Waals surface area contributed by atoms with Crippen molar-refractivity contribution in [2.24, 2.45) is 0 Å². The Morgan fingerprint density at radius 1 is 1.17 bits per heavy atom. The summed E-state index contributed by atoms with van der Waals surface area (Å²) in [6.45, 7) is 0. The molecule has 1 aliphatic carbocycles. The number of benzene rings is 1. The molecule has 1 aromatic heterocycles. The van der Waals surface area contributed by atoms with E-state index < -0.39 is 0 Å². The van der Waals surface area contributed by atoms with Crippen LogP contribution in [-0.2, 0) is 4.74 Å². The lowest BCUT2D eigenvalue weighted by Crippen LogP contribution is -2.31. The molecule has 6 heteroatoms. The van der Waals surface area contributed by atoms with Gasteiger partial charge < -0.3 is 14.8 Å². The van der Waals surface area contributed by atoms with Gasteiger partial charge in [0.1, 0.15) is 11.6 Å². The highest BCUT2D eigenvalue weighted by molar-refractivity contribution is 5.32. The van der Waals surface area contributed by atoms with Gasteiger partial charge in [0.25, 0.3) is 0 Å². The second-order valence-electron chi connectivity index (χ2n) is 5.64. The minimum atomic E-state index is -0.299. The first-order valence-corrected chi connectivity index (χ1v) is 7.79. The van der Waals surface area contributed by atoms with E-state index in [1.165, 1.54) is 12.1 Å². The zero-order valence-electron chi connectivity index (χ0n) is 13.0. The average molecular weight is 317 g/mol. The molecule has 3 rings (SSSR count). The Morgan fingerprint density at radius 2 is 2.00 bits per heavy atom. The van der Waals surface area contributed by atoms with E-state index in [9.17, 15) is 4.39 Å². The summed E-state index contributed by atoms with van der Waals surface area (Å²) in [7, 11) is 1.75. The van der Waals surface area contributed by atoms with Gasteiger partial charge in [-0.1, -0.05) is 0 Å². The number of halogens is 1. The van der Waals surface area contributed by atoms with Crippen LogP contribution in [0.25, 0.3) is 0 Å². The zero-order valence-corrected chi connectivity index (χ0v) is 13.0. The Balaban J connectivity index is 1.64. The fraction of sp³-hybridized carbons (Fsp3) is 0.412. The molecular weight excluding hydrogens is 297 g/mol. The van der Waals surface area contributed by atoms with Crippen LogP contribution < -0.4 is 10.1 Å². The van der Waals surface area contributed by atoms with E-state index >= 15 is 0 Å². The third-order valence-corrected chi connectivity index (χ3v) is 3.96. The highest BCUT2D eigenvalue weighted by Crippen LogP contribution is 2.24. The average Bonchev–Trinajstić information content (AvgIpc) is 2.57. The first-order chi connectivity index (χ1) is 11.2. The van der Waals surface area contributed by atoms with Crippen molar-refractivity contribution >= 4 is 5.95 Å². The molecule has 1 aliphatic rings. The molecule has 0 saturated heterocycles. The number of hydrogen-bond donors (Lipinski definition) is 1. The Labute approximate surface area is 134 Å². The van der Waals surface area contributed by atoms with Crippen molar-refractivity contribution in [2.75, 3.05) is 12.4 Å². The second kappa shape index (κ2) is 7.37. The topological polar surface area (TPSA) is 56.3 Å². The summed E-state index contributed by atoms with van der Waals surface area (Å²) in [4.78, 5) is 8.59. The van der Waals surface area contributed by atoms with Crippen molar-refractivity contribution in [1.29, 1.82) is 0 Å². The Kier molecular flexibility index (Phi) is 5.02. The summed E-state index contributed by atoms with van der Waals surface area (Å²) in [5.41, 5.74) is 0. The first-order valence-electron chi connectivity index (χ1n) is 7.79. The summed E-state index contributed by atoms with van der Waals surface area (Å²) in [6.07, 6.45) is 6.19. The lowest BCUT2D eigenvalue weighted by atomic mass is 9.93. The van der Waals surface area contributed by atoms with Crippen LogP contribution in [0.3, 0.4) is 0 Å². The molecule has 2 atom stereocenters. The molecule has 23 heavy (non-hydrogen) atoms. The maximum atomic E-state index is 12.9. The third kappa shape index (κ3) is 4.39. The van der Waals surface area contributed by atoms with Gasteiger partial charge in [0.05, 0.1) is 6.10 Å². The van der Waals surface area contributed by atoms with E-state index in [4.69, 9.17) is 9.47 Å². The molecule has 1 N–H and O–H groups in total. The molecule has 0 radical (unpaired) electrons. The zero-order chi connectivity index (χ0) is 16.1. The highest BCUT2D eigenvalue weighted by atomic mass is 19.1. The van der Waals surface area contributed by atoms with Crippen LogP contribution in [-0.4, -0.2) is 29.2 Å². The monoisotopic (exact) mass is 317 g/mol. The molecule has 1 heterocycles. The molecule has 0 aliphatic heterocycles. The van der Waals surface area contributed by atoms with Gasteiger partial charge in [0, 0.05) is 25.4 Å². The van der Waals surface area contributed by atoms with E-state index in [0.717, 1.165) is 25.7 Å². The summed E-state index contributed by atoms with van der Waals surface area (Å²) in [5, 5.41) is 3.34. The molecule has 1 saturated carbocycles. The number of anilines is 1. The Morgan fingerprint density at radius 3 is 2.78 bits per heavy atom. The molecule has 5 nitrogen and oxygen atoms in total. The number of ether oxygens (including phenoxy) is 2. The number of aromatic nitrogens is 2. The molecule has 122 valence electrons. The number of hydrogen-bond acceptors (Lipinski definition) is 5. The fourth-order valence-corrected chi connectivity index (χ4v) is 2.76. The van der Waals surface area contributed by atoms with Crippen LogP contribution in [0.15, 0.2) is 36.5 Å². The van der Waals surface area contributed by atoms with Gasteiger partial charge in [-0.15, -0.1) is 0 Å². The third-order valence-electron chi connectivity index (χ3n) is 3.96. The normalized spacial score (nSPS) is 21.0. The molecular formula is C17H20FN3O2. The van der Waals surface area contributed by atoms with E-state index in [2.05, 4.69) is 15.3 Å². The molecule has 0 spiro atoms. The summed E-state index contributed by atoms with van der Waals surface area (Å²) >= 11 is 0.